The fourth-order valence-electron chi connectivity index (χ4n) is 1.94. The monoisotopic (exact) mass is 335 g/mol. The molecule has 0 aromatic heterocycles. The molecule has 0 bridgehead atoms. The van der Waals surface area contributed by atoms with Crippen molar-refractivity contribution in [3.8, 4) is 6.07 Å². The van der Waals surface area contributed by atoms with Crippen molar-refractivity contribution in [1.29, 1.82) is 5.26 Å². The number of nitro benzene ring substituents is 1. The summed E-state index contributed by atoms with van der Waals surface area (Å²) in [6.07, 6.45) is -1.04. The van der Waals surface area contributed by atoms with Gasteiger partial charge in [-0.25, -0.2) is 4.39 Å². The van der Waals surface area contributed by atoms with Gasteiger partial charge in [-0.1, -0.05) is 17.7 Å². The van der Waals surface area contributed by atoms with Crippen LogP contribution in [-0.2, 0) is 0 Å². The first-order valence-corrected chi connectivity index (χ1v) is 6.85. The maximum atomic E-state index is 13.4. The Kier molecular flexibility index (Phi) is 5.11. The summed E-state index contributed by atoms with van der Waals surface area (Å²) in [6.45, 7) is -0.00639. The third-order valence-electron chi connectivity index (χ3n) is 3.15. The number of rotatable bonds is 5. The second-order valence-electron chi connectivity index (χ2n) is 4.67. The predicted octanol–water partition coefficient (Wildman–Crippen LogP) is 3.40. The number of anilines is 1. The van der Waals surface area contributed by atoms with Gasteiger partial charge in [-0.15, -0.1) is 0 Å². The normalized spacial score (nSPS) is 11.6. The van der Waals surface area contributed by atoms with Crippen LogP contribution in [0, 0.1) is 27.3 Å². The van der Waals surface area contributed by atoms with Crippen LogP contribution >= 0.6 is 11.6 Å². The number of nitriles is 1. The third kappa shape index (κ3) is 3.94. The van der Waals surface area contributed by atoms with Gasteiger partial charge in [0.25, 0.3) is 5.69 Å². The number of hydrogen-bond acceptors (Lipinski definition) is 5. The van der Waals surface area contributed by atoms with E-state index in [2.05, 4.69) is 5.32 Å². The lowest BCUT2D eigenvalue weighted by atomic mass is 10.1. The van der Waals surface area contributed by atoms with Crippen molar-refractivity contribution >= 4 is 23.0 Å². The number of nitro groups is 1. The largest absolute Gasteiger partial charge is 0.387 e. The number of benzene rings is 2. The summed E-state index contributed by atoms with van der Waals surface area (Å²) in [6, 6.07) is 9.55. The van der Waals surface area contributed by atoms with Crippen LogP contribution in [0.3, 0.4) is 0 Å². The van der Waals surface area contributed by atoms with Crippen molar-refractivity contribution in [2.24, 2.45) is 0 Å². The zero-order valence-electron chi connectivity index (χ0n) is 11.7. The van der Waals surface area contributed by atoms with E-state index in [-0.39, 0.29) is 22.8 Å². The molecule has 2 aromatic rings. The summed E-state index contributed by atoms with van der Waals surface area (Å²) >= 11 is 5.57. The van der Waals surface area contributed by atoms with Crippen LogP contribution in [0.1, 0.15) is 17.2 Å². The predicted molar refractivity (Wildman–Crippen MR) is 82.7 cm³/mol. The Morgan fingerprint density at radius 2 is 2.13 bits per heavy atom. The zero-order chi connectivity index (χ0) is 17.0. The molecule has 2 aromatic carbocycles. The van der Waals surface area contributed by atoms with Crippen molar-refractivity contribution in [3.63, 3.8) is 0 Å². The molecule has 0 fully saturated rings. The molecular weight excluding hydrogens is 325 g/mol. The lowest BCUT2D eigenvalue weighted by molar-refractivity contribution is -0.384. The minimum absolute atomic E-state index is 0.00639. The van der Waals surface area contributed by atoms with E-state index in [4.69, 9.17) is 16.9 Å². The van der Waals surface area contributed by atoms with E-state index in [9.17, 15) is 19.6 Å². The van der Waals surface area contributed by atoms with Gasteiger partial charge in [0.15, 0.2) is 0 Å². The van der Waals surface area contributed by atoms with E-state index in [1.807, 2.05) is 6.07 Å². The second-order valence-corrected chi connectivity index (χ2v) is 5.08. The molecule has 0 saturated heterocycles. The van der Waals surface area contributed by atoms with E-state index in [1.165, 1.54) is 24.3 Å². The number of nitrogens with zero attached hydrogens (tertiary/aromatic N) is 2. The van der Waals surface area contributed by atoms with Crippen LogP contribution in [0.5, 0.6) is 0 Å². The molecule has 0 heterocycles. The maximum Gasteiger partial charge on any atom is 0.270 e. The lowest BCUT2D eigenvalue weighted by Gasteiger charge is -2.14. The van der Waals surface area contributed by atoms with E-state index in [0.29, 0.717) is 11.3 Å². The summed E-state index contributed by atoms with van der Waals surface area (Å²) < 4.78 is 13.4. The molecule has 0 radical (unpaired) electrons. The average Bonchev–Trinajstić information content (AvgIpc) is 2.54. The molecule has 2 rings (SSSR count). The molecular formula is C15H11ClFN3O3. The Bertz CT molecular complexity index is 792. The van der Waals surface area contributed by atoms with Crippen molar-refractivity contribution in [1.82, 2.24) is 0 Å². The Hall–Kier alpha value is -2.69. The number of aliphatic hydroxyl groups is 1. The van der Waals surface area contributed by atoms with Gasteiger partial charge in [-0.2, -0.15) is 5.26 Å². The molecule has 1 atom stereocenters. The highest BCUT2D eigenvalue weighted by atomic mass is 35.5. The highest BCUT2D eigenvalue weighted by Gasteiger charge is 2.13. The van der Waals surface area contributed by atoms with Crippen LogP contribution < -0.4 is 5.32 Å². The molecule has 0 amide bonds. The van der Waals surface area contributed by atoms with Gasteiger partial charge in [-0.05, 0) is 23.8 Å². The Morgan fingerprint density at radius 3 is 2.74 bits per heavy atom. The Balaban J connectivity index is 2.12. The summed E-state index contributed by atoms with van der Waals surface area (Å²) in [4.78, 5) is 10.1. The molecule has 23 heavy (non-hydrogen) atoms. The summed E-state index contributed by atoms with van der Waals surface area (Å²) in [7, 11) is 0. The zero-order valence-corrected chi connectivity index (χ0v) is 12.4. The molecule has 6 nitrogen and oxygen atoms in total. The smallest absolute Gasteiger partial charge is 0.270 e. The van der Waals surface area contributed by atoms with Crippen molar-refractivity contribution in [3.05, 3.63) is 68.5 Å². The highest BCUT2D eigenvalue weighted by Crippen LogP contribution is 2.24. The van der Waals surface area contributed by atoms with Gasteiger partial charge in [0.1, 0.15) is 11.9 Å². The number of nitrogens with one attached hydrogen (secondary N) is 1. The van der Waals surface area contributed by atoms with Crippen molar-refractivity contribution in [2.45, 2.75) is 6.10 Å². The third-order valence-corrected chi connectivity index (χ3v) is 3.46. The SMILES string of the molecule is N#Cc1cc([N+](=O)[O-])ccc1NCC(O)c1ccc(Cl)c(F)c1. The lowest BCUT2D eigenvalue weighted by Crippen LogP contribution is -2.13. The molecule has 0 spiro atoms. The van der Waals surface area contributed by atoms with Gasteiger partial charge in [-0.3, -0.25) is 10.1 Å². The van der Waals surface area contributed by atoms with Gasteiger partial charge in [0.05, 0.1) is 27.3 Å². The molecule has 0 aliphatic carbocycles. The van der Waals surface area contributed by atoms with Crippen molar-refractivity contribution < 1.29 is 14.4 Å². The maximum absolute atomic E-state index is 13.4. The molecule has 8 heteroatoms. The first-order chi connectivity index (χ1) is 10.9. The van der Waals surface area contributed by atoms with Gasteiger partial charge in [0.2, 0.25) is 0 Å². The van der Waals surface area contributed by atoms with Crippen LogP contribution in [-0.4, -0.2) is 16.6 Å². The minimum Gasteiger partial charge on any atom is -0.387 e. The Morgan fingerprint density at radius 1 is 1.39 bits per heavy atom. The molecule has 0 saturated carbocycles. The van der Waals surface area contributed by atoms with Crippen LogP contribution in [0.2, 0.25) is 5.02 Å². The summed E-state index contributed by atoms with van der Waals surface area (Å²) in [5.41, 5.74) is 0.535. The number of aliphatic hydroxyl groups excluding tert-OH is 1. The van der Waals surface area contributed by atoms with E-state index >= 15 is 0 Å². The van der Waals surface area contributed by atoms with Crippen LogP contribution in [0.25, 0.3) is 0 Å². The second kappa shape index (κ2) is 7.05. The van der Waals surface area contributed by atoms with Gasteiger partial charge < -0.3 is 10.4 Å². The first-order valence-electron chi connectivity index (χ1n) is 6.48. The van der Waals surface area contributed by atoms with E-state index in [1.54, 1.807) is 0 Å². The van der Waals surface area contributed by atoms with Crippen LogP contribution in [0.4, 0.5) is 15.8 Å². The average molecular weight is 336 g/mol. The molecule has 0 aliphatic rings. The summed E-state index contributed by atoms with van der Waals surface area (Å²) in [5, 5.41) is 32.5. The van der Waals surface area contributed by atoms with Gasteiger partial charge >= 0.3 is 0 Å². The molecule has 0 aliphatic heterocycles. The topological polar surface area (TPSA) is 99.2 Å². The molecule has 118 valence electrons. The Labute approximate surface area is 135 Å². The van der Waals surface area contributed by atoms with E-state index < -0.39 is 16.8 Å². The minimum atomic E-state index is -1.04. The number of hydrogen-bond donors (Lipinski definition) is 2. The summed E-state index contributed by atoms with van der Waals surface area (Å²) in [5.74, 6) is -0.642. The molecule has 1 unspecified atom stereocenters. The quantitative estimate of drug-likeness (QED) is 0.644. The van der Waals surface area contributed by atoms with Crippen LogP contribution in [0.15, 0.2) is 36.4 Å². The fourth-order valence-corrected chi connectivity index (χ4v) is 2.05. The fraction of sp³-hybridized carbons (Fsp3) is 0.133. The van der Waals surface area contributed by atoms with Gasteiger partial charge in [0, 0.05) is 18.7 Å². The number of non-ortho nitro benzene ring substituents is 1. The molecule has 2 N–H and O–H groups in total. The number of halogens is 2. The van der Waals surface area contributed by atoms with Crippen molar-refractivity contribution in [2.75, 3.05) is 11.9 Å². The highest BCUT2D eigenvalue weighted by molar-refractivity contribution is 6.30. The van der Waals surface area contributed by atoms with E-state index in [0.717, 1.165) is 12.1 Å². The standard InChI is InChI=1S/C15H11ClFN3O3/c16-12-3-1-9(6-13(12)17)15(21)8-19-14-4-2-11(20(22)23)5-10(14)7-18/h1-6,15,19,21H,8H2. The first kappa shape index (κ1) is 16.7.